The summed E-state index contributed by atoms with van der Waals surface area (Å²) in [4.78, 5) is 26.2. The molecule has 1 N–H and O–H groups in total. The van der Waals surface area contributed by atoms with Gasteiger partial charge >= 0.3 is 0 Å². The summed E-state index contributed by atoms with van der Waals surface area (Å²) in [5.41, 5.74) is 1.21. The number of carbonyl (C=O) groups is 1. The molecular formula is C23H37ClN6O. The average molecular weight is 449 g/mol. The molecule has 1 aromatic rings. The Kier molecular flexibility index (Phi) is 8.99. The van der Waals surface area contributed by atoms with Gasteiger partial charge in [-0.25, -0.2) is 0 Å². The number of nitrogens with one attached hydrogen (secondary N) is 1. The van der Waals surface area contributed by atoms with Gasteiger partial charge in [0.05, 0.1) is 19.1 Å². The van der Waals surface area contributed by atoms with Crippen LogP contribution in [0.3, 0.4) is 0 Å². The Bertz CT molecular complexity index is 724. The van der Waals surface area contributed by atoms with Gasteiger partial charge in [0.25, 0.3) is 0 Å². The third kappa shape index (κ3) is 6.82. The van der Waals surface area contributed by atoms with E-state index in [0.29, 0.717) is 13.1 Å². The molecule has 2 saturated heterocycles. The number of hydrogen-bond acceptors (Lipinski definition) is 4. The number of aliphatic imine (C=N–C) groups is 1. The molecule has 0 spiro atoms. The zero-order valence-electron chi connectivity index (χ0n) is 19.2. The van der Waals surface area contributed by atoms with Gasteiger partial charge in [0.1, 0.15) is 0 Å². The van der Waals surface area contributed by atoms with Gasteiger partial charge in [-0.2, -0.15) is 0 Å². The Balaban J connectivity index is 1.57. The van der Waals surface area contributed by atoms with Gasteiger partial charge in [0.15, 0.2) is 5.96 Å². The summed E-state index contributed by atoms with van der Waals surface area (Å²) in [6.45, 7) is 9.54. The highest BCUT2D eigenvalue weighted by Gasteiger charge is 2.25. The smallest absolute Gasteiger partial charge is 0.236 e. The second kappa shape index (κ2) is 11.7. The summed E-state index contributed by atoms with van der Waals surface area (Å²) < 4.78 is 0. The zero-order chi connectivity index (χ0) is 22.2. The van der Waals surface area contributed by atoms with E-state index in [4.69, 9.17) is 16.6 Å². The SMILES string of the molecule is CCNC(=NCC(c1ccc(Cl)cc1)N(C)C)N1CCN(CC(=O)N2CCCC2)CC1. The van der Waals surface area contributed by atoms with Crippen molar-refractivity contribution in [3.8, 4) is 0 Å². The molecular weight excluding hydrogens is 412 g/mol. The summed E-state index contributed by atoms with van der Waals surface area (Å²) in [7, 11) is 4.16. The normalized spacial score (nSPS) is 19.2. The van der Waals surface area contributed by atoms with Crippen molar-refractivity contribution in [3.05, 3.63) is 34.9 Å². The fourth-order valence-electron chi connectivity index (χ4n) is 4.23. The van der Waals surface area contributed by atoms with E-state index < -0.39 is 0 Å². The molecule has 8 heteroatoms. The molecule has 1 aromatic carbocycles. The van der Waals surface area contributed by atoms with Crippen molar-refractivity contribution >= 4 is 23.5 Å². The highest BCUT2D eigenvalue weighted by Crippen LogP contribution is 2.21. The molecule has 3 rings (SSSR count). The lowest BCUT2D eigenvalue weighted by atomic mass is 10.1. The molecule has 7 nitrogen and oxygen atoms in total. The summed E-state index contributed by atoms with van der Waals surface area (Å²) in [5.74, 6) is 1.23. The Morgan fingerprint density at radius 1 is 1.06 bits per heavy atom. The van der Waals surface area contributed by atoms with E-state index in [1.807, 2.05) is 17.0 Å². The first kappa shape index (κ1) is 23.8. The molecule has 0 radical (unpaired) electrons. The lowest BCUT2D eigenvalue weighted by molar-refractivity contribution is -0.131. The van der Waals surface area contributed by atoms with Crippen molar-refractivity contribution in [2.24, 2.45) is 4.99 Å². The molecule has 0 bridgehead atoms. The molecule has 0 aliphatic carbocycles. The lowest BCUT2D eigenvalue weighted by Gasteiger charge is -2.37. The zero-order valence-corrected chi connectivity index (χ0v) is 19.9. The van der Waals surface area contributed by atoms with Crippen LogP contribution in [0.4, 0.5) is 0 Å². The minimum absolute atomic E-state index is 0.185. The highest BCUT2D eigenvalue weighted by molar-refractivity contribution is 6.30. The van der Waals surface area contributed by atoms with Crippen LogP contribution in [0, 0.1) is 0 Å². The average Bonchev–Trinajstić information content (AvgIpc) is 3.30. The number of nitrogens with zero attached hydrogens (tertiary/aromatic N) is 5. The Morgan fingerprint density at radius 3 is 2.29 bits per heavy atom. The highest BCUT2D eigenvalue weighted by atomic mass is 35.5. The maximum Gasteiger partial charge on any atom is 0.236 e. The van der Waals surface area contributed by atoms with Gasteiger partial charge in [0, 0.05) is 50.8 Å². The Labute approximate surface area is 192 Å². The Morgan fingerprint density at radius 2 is 1.71 bits per heavy atom. The number of guanidine groups is 1. The standard InChI is InChI=1S/C23H37ClN6O/c1-4-25-23(26-17-21(27(2)3)19-7-9-20(24)10-8-19)30-15-13-28(14-16-30)18-22(31)29-11-5-6-12-29/h7-10,21H,4-6,11-18H2,1-3H3,(H,25,26). The van der Waals surface area contributed by atoms with Gasteiger partial charge in [-0.1, -0.05) is 23.7 Å². The predicted molar refractivity (Wildman–Crippen MR) is 128 cm³/mol. The maximum absolute atomic E-state index is 12.5. The van der Waals surface area contributed by atoms with Crippen molar-refractivity contribution < 1.29 is 4.79 Å². The van der Waals surface area contributed by atoms with Crippen molar-refractivity contribution in [1.29, 1.82) is 0 Å². The molecule has 172 valence electrons. The monoisotopic (exact) mass is 448 g/mol. The van der Waals surface area contributed by atoms with Crippen molar-refractivity contribution in [1.82, 2.24) is 24.9 Å². The topological polar surface area (TPSA) is 54.4 Å². The fourth-order valence-corrected chi connectivity index (χ4v) is 4.35. The summed E-state index contributed by atoms with van der Waals surface area (Å²) >= 11 is 6.06. The number of amides is 1. The molecule has 2 aliphatic heterocycles. The van der Waals surface area contributed by atoms with Crippen LogP contribution in [0.25, 0.3) is 0 Å². The number of halogens is 1. The summed E-state index contributed by atoms with van der Waals surface area (Å²) in [6.07, 6.45) is 2.29. The number of hydrogen-bond donors (Lipinski definition) is 1. The lowest BCUT2D eigenvalue weighted by Crippen LogP contribution is -2.54. The molecule has 1 amide bonds. The fraction of sp³-hybridized carbons (Fsp3) is 0.652. The molecule has 2 heterocycles. The number of benzene rings is 1. The van der Waals surface area contributed by atoms with E-state index in [2.05, 4.69) is 53.2 Å². The van der Waals surface area contributed by atoms with Gasteiger partial charge in [-0.3, -0.25) is 14.7 Å². The van der Waals surface area contributed by atoms with Crippen molar-refractivity contribution in [2.75, 3.05) is 73.0 Å². The first-order valence-corrected chi connectivity index (χ1v) is 11.8. The van der Waals surface area contributed by atoms with Gasteiger partial charge in [-0.15, -0.1) is 0 Å². The Hall–Kier alpha value is -1.83. The van der Waals surface area contributed by atoms with Crippen LogP contribution in [-0.2, 0) is 4.79 Å². The predicted octanol–water partition coefficient (Wildman–Crippen LogP) is 2.15. The third-order valence-corrected chi connectivity index (χ3v) is 6.37. The number of likely N-dealkylation sites (tertiary alicyclic amines) is 1. The van der Waals surface area contributed by atoms with E-state index in [0.717, 1.165) is 69.6 Å². The molecule has 0 saturated carbocycles. The first-order chi connectivity index (χ1) is 15.0. The molecule has 1 unspecified atom stereocenters. The molecule has 31 heavy (non-hydrogen) atoms. The van der Waals surface area contributed by atoms with Crippen LogP contribution < -0.4 is 5.32 Å². The molecule has 2 fully saturated rings. The van der Waals surface area contributed by atoms with Crippen LogP contribution in [-0.4, -0.2) is 104 Å². The number of rotatable bonds is 7. The second-order valence-corrected chi connectivity index (χ2v) is 9.01. The number of piperazine rings is 1. The second-order valence-electron chi connectivity index (χ2n) is 8.58. The minimum atomic E-state index is 0.185. The van der Waals surface area contributed by atoms with Gasteiger partial charge in [0.2, 0.25) is 5.91 Å². The minimum Gasteiger partial charge on any atom is -0.357 e. The van der Waals surface area contributed by atoms with E-state index in [9.17, 15) is 4.79 Å². The largest absolute Gasteiger partial charge is 0.357 e. The maximum atomic E-state index is 12.5. The van der Waals surface area contributed by atoms with Crippen LogP contribution in [0.2, 0.25) is 5.02 Å². The first-order valence-electron chi connectivity index (χ1n) is 11.4. The van der Waals surface area contributed by atoms with Crippen molar-refractivity contribution in [3.63, 3.8) is 0 Å². The van der Waals surface area contributed by atoms with E-state index in [1.54, 1.807) is 0 Å². The third-order valence-electron chi connectivity index (χ3n) is 6.12. The summed E-state index contributed by atoms with van der Waals surface area (Å²) in [5, 5.41) is 4.20. The van der Waals surface area contributed by atoms with Crippen molar-refractivity contribution in [2.45, 2.75) is 25.8 Å². The quantitative estimate of drug-likeness (QED) is 0.511. The van der Waals surface area contributed by atoms with Crippen LogP contribution in [0.15, 0.2) is 29.3 Å². The van der Waals surface area contributed by atoms with E-state index in [-0.39, 0.29) is 11.9 Å². The van der Waals surface area contributed by atoms with Crippen LogP contribution >= 0.6 is 11.6 Å². The van der Waals surface area contributed by atoms with E-state index in [1.165, 1.54) is 5.56 Å². The van der Waals surface area contributed by atoms with Gasteiger partial charge in [-0.05, 0) is 51.6 Å². The number of likely N-dealkylation sites (N-methyl/N-ethyl adjacent to an activating group) is 1. The summed E-state index contributed by atoms with van der Waals surface area (Å²) in [6, 6.07) is 8.21. The molecule has 2 aliphatic rings. The molecule has 1 atom stereocenters. The van der Waals surface area contributed by atoms with Gasteiger partial charge < -0.3 is 20.0 Å². The van der Waals surface area contributed by atoms with Crippen LogP contribution in [0.5, 0.6) is 0 Å². The number of carbonyl (C=O) groups excluding carboxylic acids is 1. The van der Waals surface area contributed by atoms with E-state index >= 15 is 0 Å². The molecule has 0 aromatic heterocycles. The van der Waals surface area contributed by atoms with Crippen LogP contribution in [0.1, 0.15) is 31.4 Å².